The number of pyridine rings is 1. The van der Waals surface area contributed by atoms with E-state index < -0.39 is 15.9 Å². The number of nitrogens with zero attached hydrogens (tertiary/aromatic N) is 3. The van der Waals surface area contributed by atoms with Gasteiger partial charge in [0.05, 0.1) is 15.1 Å². The molecule has 1 aliphatic heterocycles. The minimum absolute atomic E-state index is 0.0208. The molecule has 1 fully saturated rings. The van der Waals surface area contributed by atoms with Gasteiger partial charge >= 0.3 is 0 Å². The molecule has 1 aliphatic rings. The number of aromatic nitrogens is 1. The van der Waals surface area contributed by atoms with Crippen LogP contribution >= 0.6 is 46.4 Å². The predicted octanol–water partition coefficient (Wildman–Crippen LogP) is 3.84. The number of carbonyl (C=O) groups excluding carboxylic acids is 1. The summed E-state index contributed by atoms with van der Waals surface area (Å²) in [4.78, 5) is 18.0. The summed E-state index contributed by atoms with van der Waals surface area (Å²) in [5, 5.41) is 0.477. The fraction of sp³-hybridized carbons (Fsp3) is 0.250. The van der Waals surface area contributed by atoms with E-state index in [0.29, 0.717) is 0 Å². The Morgan fingerprint density at radius 1 is 0.926 bits per heavy atom. The van der Waals surface area contributed by atoms with E-state index in [1.807, 2.05) is 0 Å². The lowest BCUT2D eigenvalue weighted by molar-refractivity contribution is 0.0692. The van der Waals surface area contributed by atoms with Crippen molar-refractivity contribution in [3.05, 3.63) is 56.2 Å². The summed E-state index contributed by atoms with van der Waals surface area (Å²) in [7, 11) is -3.83. The number of hydrogen-bond donors (Lipinski definition) is 0. The molecule has 0 radical (unpaired) electrons. The first kappa shape index (κ1) is 20.6. The zero-order valence-electron chi connectivity index (χ0n) is 13.7. The molecule has 1 amide bonds. The van der Waals surface area contributed by atoms with Crippen molar-refractivity contribution in [1.29, 1.82) is 0 Å². The third kappa shape index (κ3) is 4.18. The summed E-state index contributed by atoms with van der Waals surface area (Å²) in [6, 6.07) is 7.41. The van der Waals surface area contributed by atoms with Gasteiger partial charge in [-0.1, -0.05) is 52.5 Å². The Hall–Kier alpha value is -1.09. The minimum Gasteiger partial charge on any atom is -0.335 e. The molecular weight excluding hydrogens is 456 g/mol. The predicted molar refractivity (Wildman–Crippen MR) is 105 cm³/mol. The van der Waals surface area contributed by atoms with Gasteiger partial charge in [-0.15, -0.1) is 0 Å². The second kappa shape index (κ2) is 8.11. The number of amides is 1. The van der Waals surface area contributed by atoms with E-state index in [1.165, 1.54) is 39.5 Å². The van der Waals surface area contributed by atoms with Gasteiger partial charge in [0.2, 0.25) is 10.0 Å². The summed E-state index contributed by atoms with van der Waals surface area (Å²) in [6.45, 7) is 0.575. The van der Waals surface area contributed by atoms with E-state index in [2.05, 4.69) is 4.98 Å². The van der Waals surface area contributed by atoms with Gasteiger partial charge < -0.3 is 4.90 Å². The maximum atomic E-state index is 12.8. The van der Waals surface area contributed by atoms with Crippen LogP contribution < -0.4 is 0 Å². The molecular formula is C16H13Cl4N3O3S. The first-order chi connectivity index (χ1) is 12.7. The van der Waals surface area contributed by atoms with Gasteiger partial charge in [0.1, 0.15) is 15.7 Å². The summed E-state index contributed by atoms with van der Waals surface area (Å²) in [6.07, 6.45) is 0. The molecule has 3 rings (SSSR count). The molecule has 144 valence electrons. The number of hydrogen-bond acceptors (Lipinski definition) is 4. The topological polar surface area (TPSA) is 70.6 Å². The largest absolute Gasteiger partial charge is 0.335 e. The molecule has 0 saturated carbocycles. The quantitative estimate of drug-likeness (QED) is 0.641. The first-order valence-electron chi connectivity index (χ1n) is 7.77. The highest BCUT2D eigenvalue weighted by molar-refractivity contribution is 7.89. The molecule has 0 aliphatic carbocycles. The molecule has 0 unspecified atom stereocenters. The second-order valence-corrected chi connectivity index (χ2v) is 9.20. The van der Waals surface area contributed by atoms with Crippen molar-refractivity contribution in [3.8, 4) is 0 Å². The molecule has 1 aromatic heterocycles. The fourth-order valence-electron chi connectivity index (χ4n) is 2.67. The van der Waals surface area contributed by atoms with Gasteiger partial charge in [-0.05, 0) is 24.3 Å². The summed E-state index contributed by atoms with van der Waals surface area (Å²) < 4.78 is 26.9. The standard InChI is InChI=1S/C16H13Cl4N3O3S/c17-10-2-1-3-12(14(10)20)27(25,26)23-8-6-22(7-9-23)16(24)15-11(18)4-5-13(19)21-15/h1-5H,6-9H2. The third-order valence-corrected chi connectivity index (χ3v) is 7.46. The molecule has 6 nitrogen and oxygen atoms in total. The Kier molecular flexibility index (Phi) is 6.20. The van der Waals surface area contributed by atoms with E-state index >= 15 is 0 Å². The highest BCUT2D eigenvalue weighted by Gasteiger charge is 2.33. The smallest absolute Gasteiger partial charge is 0.274 e. The van der Waals surface area contributed by atoms with Gasteiger partial charge in [0, 0.05) is 26.2 Å². The van der Waals surface area contributed by atoms with Crippen molar-refractivity contribution in [2.75, 3.05) is 26.2 Å². The van der Waals surface area contributed by atoms with Crippen molar-refractivity contribution in [3.63, 3.8) is 0 Å². The summed E-state index contributed by atoms with van der Waals surface area (Å²) in [5.74, 6) is -0.402. The second-order valence-electron chi connectivity index (χ2n) is 5.71. The molecule has 2 heterocycles. The molecule has 27 heavy (non-hydrogen) atoms. The van der Waals surface area contributed by atoms with Crippen LogP contribution in [0.1, 0.15) is 10.5 Å². The van der Waals surface area contributed by atoms with Crippen LogP contribution in [0.15, 0.2) is 35.2 Å². The number of carbonyl (C=O) groups is 1. The number of sulfonamides is 1. The van der Waals surface area contributed by atoms with E-state index in [4.69, 9.17) is 46.4 Å². The number of rotatable bonds is 3. The lowest BCUT2D eigenvalue weighted by atomic mass is 10.3. The molecule has 11 heteroatoms. The summed E-state index contributed by atoms with van der Waals surface area (Å²) >= 11 is 23.8. The normalized spacial score (nSPS) is 15.8. The van der Waals surface area contributed by atoms with Crippen molar-refractivity contribution < 1.29 is 13.2 Å². The Bertz CT molecular complexity index is 992. The van der Waals surface area contributed by atoms with Gasteiger partial charge in [0.25, 0.3) is 5.91 Å². The molecule has 1 saturated heterocycles. The third-order valence-electron chi connectivity index (χ3n) is 4.07. The minimum atomic E-state index is -3.83. The van der Waals surface area contributed by atoms with E-state index in [-0.39, 0.29) is 57.0 Å². The highest BCUT2D eigenvalue weighted by Crippen LogP contribution is 2.31. The Labute approximate surface area is 176 Å². The van der Waals surface area contributed by atoms with Crippen LogP contribution in [0.25, 0.3) is 0 Å². The Morgan fingerprint density at radius 2 is 1.59 bits per heavy atom. The molecule has 0 N–H and O–H groups in total. The average molecular weight is 469 g/mol. The zero-order valence-corrected chi connectivity index (χ0v) is 17.5. The van der Waals surface area contributed by atoms with Gasteiger partial charge in [0.15, 0.2) is 0 Å². The Morgan fingerprint density at radius 3 is 2.26 bits per heavy atom. The van der Waals surface area contributed by atoms with Crippen molar-refractivity contribution in [2.24, 2.45) is 0 Å². The summed E-state index contributed by atoms with van der Waals surface area (Å²) in [5.41, 5.74) is 0.0401. The monoisotopic (exact) mass is 467 g/mol. The van der Waals surface area contributed by atoms with Crippen LogP contribution in [-0.4, -0.2) is 54.7 Å². The SMILES string of the molecule is O=C(c1nc(Cl)ccc1Cl)N1CCN(S(=O)(=O)c2cccc(Cl)c2Cl)CC1. The highest BCUT2D eigenvalue weighted by atomic mass is 35.5. The van der Waals surface area contributed by atoms with E-state index in [9.17, 15) is 13.2 Å². The van der Waals surface area contributed by atoms with Gasteiger partial charge in [-0.3, -0.25) is 4.79 Å². The van der Waals surface area contributed by atoms with Crippen LogP contribution in [0.4, 0.5) is 0 Å². The average Bonchev–Trinajstić information content (AvgIpc) is 2.65. The van der Waals surface area contributed by atoms with Crippen LogP contribution in [0.3, 0.4) is 0 Å². The van der Waals surface area contributed by atoms with Crippen molar-refractivity contribution >= 4 is 62.3 Å². The van der Waals surface area contributed by atoms with Crippen molar-refractivity contribution in [2.45, 2.75) is 4.90 Å². The van der Waals surface area contributed by atoms with Crippen LogP contribution in [0, 0.1) is 0 Å². The molecule has 2 aromatic rings. The zero-order chi connectivity index (χ0) is 19.8. The Balaban J connectivity index is 1.76. The van der Waals surface area contributed by atoms with Crippen LogP contribution in [0.2, 0.25) is 20.2 Å². The molecule has 0 bridgehead atoms. The number of piperazine rings is 1. The maximum Gasteiger partial charge on any atom is 0.274 e. The lowest BCUT2D eigenvalue weighted by Crippen LogP contribution is -2.50. The van der Waals surface area contributed by atoms with E-state index in [1.54, 1.807) is 0 Å². The van der Waals surface area contributed by atoms with Crippen LogP contribution in [-0.2, 0) is 10.0 Å². The van der Waals surface area contributed by atoms with Gasteiger partial charge in [-0.25, -0.2) is 13.4 Å². The van der Waals surface area contributed by atoms with Crippen LogP contribution in [0.5, 0.6) is 0 Å². The first-order valence-corrected chi connectivity index (χ1v) is 10.7. The fourth-order valence-corrected chi connectivity index (χ4v) is 5.16. The number of benzene rings is 1. The number of halogens is 4. The lowest BCUT2D eigenvalue weighted by Gasteiger charge is -2.34. The molecule has 0 spiro atoms. The van der Waals surface area contributed by atoms with Gasteiger partial charge in [-0.2, -0.15) is 4.31 Å². The maximum absolute atomic E-state index is 12.8. The van der Waals surface area contributed by atoms with E-state index in [0.717, 1.165) is 0 Å². The molecule has 1 aromatic carbocycles. The van der Waals surface area contributed by atoms with Crippen molar-refractivity contribution in [1.82, 2.24) is 14.2 Å². The molecule has 0 atom stereocenters.